The summed E-state index contributed by atoms with van der Waals surface area (Å²) < 4.78 is 2.18. The minimum Gasteiger partial charge on any atom is -0.344 e. The number of rotatable bonds is 4. The molecule has 0 spiro atoms. The van der Waals surface area contributed by atoms with Crippen molar-refractivity contribution in [3.05, 3.63) is 49.6 Å². The van der Waals surface area contributed by atoms with Gasteiger partial charge in [-0.25, -0.2) is 9.97 Å². The number of nitrogens with zero attached hydrogens (tertiary/aromatic N) is 6. The second kappa shape index (κ2) is 6.28. The molecule has 0 bridgehead atoms. The van der Waals surface area contributed by atoms with Crippen LogP contribution in [0.25, 0.3) is 21.3 Å². The van der Waals surface area contributed by atoms with Crippen LogP contribution >= 0.6 is 22.9 Å². The first-order valence-corrected chi connectivity index (χ1v) is 8.89. The van der Waals surface area contributed by atoms with Crippen molar-refractivity contribution in [3.63, 3.8) is 0 Å². The number of aromatic nitrogens is 5. The molecule has 12 heteroatoms. The summed E-state index contributed by atoms with van der Waals surface area (Å²) in [5, 5.41) is 16.2. The molecule has 0 unspecified atom stereocenters. The van der Waals surface area contributed by atoms with E-state index in [0.717, 1.165) is 0 Å². The van der Waals surface area contributed by atoms with E-state index in [2.05, 4.69) is 20.1 Å². The van der Waals surface area contributed by atoms with E-state index in [0.29, 0.717) is 38.8 Å². The van der Waals surface area contributed by atoms with Crippen LogP contribution in [0.1, 0.15) is 5.82 Å². The Hall–Kier alpha value is -3.05. The van der Waals surface area contributed by atoms with E-state index in [9.17, 15) is 14.9 Å². The Morgan fingerprint density at radius 2 is 2.19 bits per heavy atom. The molecule has 1 aromatic carbocycles. The maximum atomic E-state index is 12.2. The zero-order valence-corrected chi connectivity index (χ0v) is 15.7. The fraction of sp³-hybridized carbons (Fsp3) is 0.200. The molecular formula is C15H12ClN7O3S. The summed E-state index contributed by atoms with van der Waals surface area (Å²) in [5.74, 6) is 0.460. The zero-order chi connectivity index (χ0) is 19.3. The van der Waals surface area contributed by atoms with Gasteiger partial charge >= 0.3 is 0 Å². The number of nitro benzene ring substituents is 1. The van der Waals surface area contributed by atoms with Gasteiger partial charge in [0.25, 0.3) is 11.2 Å². The predicted molar refractivity (Wildman–Crippen MR) is 103 cm³/mol. The standard InChI is InChI=1S/C15H12ClN7O3S/c1-21(6-12-19-13-7(14(24)20-12)5-17-22(13)2)15-18-9-3-8(16)10(23(25)26)4-11(9)27-15/h3-5H,6H2,1-2H3,(H,19,20,24). The molecule has 4 rings (SSSR count). The summed E-state index contributed by atoms with van der Waals surface area (Å²) in [5.41, 5.74) is 0.646. The van der Waals surface area contributed by atoms with Crippen molar-refractivity contribution >= 4 is 55.0 Å². The third kappa shape index (κ3) is 3.00. The Labute approximate surface area is 160 Å². The number of nitrogens with one attached hydrogen (secondary N) is 1. The van der Waals surface area contributed by atoms with Crippen LogP contribution in [0.2, 0.25) is 5.02 Å². The summed E-state index contributed by atoms with van der Waals surface area (Å²) in [7, 11) is 3.51. The largest absolute Gasteiger partial charge is 0.344 e. The van der Waals surface area contributed by atoms with E-state index in [1.165, 1.54) is 34.3 Å². The summed E-state index contributed by atoms with van der Waals surface area (Å²) in [6.07, 6.45) is 1.47. The van der Waals surface area contributed by atoms with Gasteiger partial charge in [-0.1, -0.05) is 22.9 Å². The monoisotopic (exact) mass is 405 g/mol. The van der Waals surface area contributed by atoms with E-state index < -0.39 is 4.92 Å². The molecule has 0 aliphatic carbocycles. The molecule has 0 atom stereocenters. The van der Waals surface area contributed by atoms with Gasteiger partial charge in [0.2, 0.25) is 0 Å². The van der Waals surface area contributed by atoms with Crippen molar-refractivity contribution in [2.45, 2.75) is 6.54 Å². The number of nitro groups is 1. The molecule has 3 aromatic heterocycles. The van der Waals surface area contributed by atoms with Crippen molar-refractivity contribution in [3.8, 4) is 0 Å². The van der Waals surface area contributed by atoms with Crippen LogP contribution in [0.15, 0.2) is 23.1 Å². The molecular weight excluding hydrogens is 394 g/mol. The average molecular weight is 406 g/mol. The molecule has 10 nitrogen and oxygen atoms in total. The Bertz CT molecular complexity index is 1260. The van der Waals surface area contributed by atoms with E-state index in [1.54, 1.807) is 19.0 Å². The molecule has 0 fully saturated rings. The third-order valence-electron chi connectivity index (χ3n) is 4.01. The molecule has 0 saturated carbocycles. The number of thiazole rings is 1. The number of halogens is 1. The summed E-state index contributed by atoms with van der Waals surface area (Å²) in [6, 6.07) is 2.89. The van der Waals surface area contributed by atoms with Crippen LogP contribution < -0.4 is 10.5 Å². The number of hydrogen-bond donors (Lipinski definition) is 1. The summed E-state index contributed by atoms with van der Waals surface area (Å²) >= 11 is 7.24. The number of aromatic amines is 1. The normalized spacial score (nSPS) is 11.4. The fourth-order valence-electron chi connectivity index (χ4n) is 2.67. The second-order valence-electron chi connectivity index (χ2n) is 5.90. The van der Waals surface area contributed by atoms with Crippen LogP contribution in [0.3, 0.4) is 0 Å². The zero-order valence-electron chi connectivity index (χ0n) is 14.1. The topological polar surface area (TPSA) is 123 Å². The summed E-state index contributed by atoms with van der Waals surface area (Å²) in [4.78, 5) is 36.1. The first-order chi connectivity index (χ1) is 12.8. The lowest BCUT2D eigenvalue weighted by atomic mass is 10.3. The van der Waals surface area contributed by atoms with Crippen molar-refractivity contribution < 1.29 is 4.92 Å². The number of aryl methyl sites for hydroxylation is 1. The Morgan fingerprint density at radius 3 is 2.93 bits per heavy atom. The molecule has 138 valence electrons. The molecule has 27 heavy (non-hydrogen) atoms. The minimum atomic E-state index is -0.525. The van der Waals surface area contributed by atoms with Gasteiger partial charge < -0.3 is 9.88 Å². The van der Waals surface area contributed by atoms with E-state index >= 15 is 0 Å². The number of hydrogen-bond acceptors (Lipinski definition) is 8. The third-order valence-corrected chi connectivity index (χ3v) is 5.44. The SMILES string of the molecule is CN(Cc1nc2c(cnn2C)c(=O)[nH]1)c1nc2cc(Cl)c([N+](=O)[O-])cc2s1. The molecule has 0 aliphatic rings. The first-order valence-electron chi connectivity index (χ1n) is 7.70. The van der Waals surface area contributed by atoms with Gasteiger partial charge in [0.15, 0.2) is 10.8 Å². The predicted octanol–water partition coefficient (Wildman–Crippen LogP) is 2.46. The van der Waals surface area contributed by atoms with Gasteiger partial charge in [0.05, 0.1) is 27.9 Å². The van der Waals surface area contributed by atoms with Crippen molar-refractivity contribution in [1.29, 1.82) is 0 Å². The fourth-order valence-corrected chi connectivity index (χ4v) is 3.84. The van der Waals surface area contributed by atoms with Crippen LogP contribution in [0, 0.1) is 10.1 Å². The molecule has 0 aliphatic heterocycles. The Kier molecular flexibility index (Phi) is 4.04. The van der Waals surface area contributed by atoms with Crippen molar-refractivity contribution in [2.75, 3.05) is 11.9 Å². The molecule has 3 heterocycles. The molecule has 1 N–H and O–H groups in total. The highest BCUT2D eigenvalue weighted by Crippen LogP contribution is 2.35. The van der Waals surface area contributed by atoms with Crippen molar-refractivity contribution in [2.24, 2.45) is 7.05 Å². The molecule has 0 saturated heterocycles. The molecule has 0 amide bonds. The van der Waals surface area contributed by atoms with Gasteiger partial charge in [0.1, 0.15) is 16.2 Å². The number of fused-ring (bicyclic) bond motifs is 2. The van der Waals surface area contributed by atoms with E-state index in [-0.39, 0.29) is 16.3 Å². The van der Waals surface area contributed by atoms with E-state index in [1.807, 2.05) is 0 Å². The van der Waals surface area contributed by atoms with Crippen LogP contribution in [-0.2, 0) is 13.6 Å². The average Bonchev–Trinajstić information content (AvgIpc) is 3.18. The van der Waals surface area contributed by atoms with Gasteiger partial charge in [-0.15, -0.1) is 0 Å². The highest BCUT2D eigenvalue weighted by molar-refractivity contribution is 7.22. The maximum absolute atomic E-state index is 12.2. The Balaban J connectivity index is 1.68. The van der Waals surface area contributed by atoms with Crippen molar-refractivity contribution in [1.82, 2.24) is 24.7 Å². The summed E-state index contributed by atoms with van der Waals surface area (Å²) in [6.45, 7) is 0.298. The van der Waals surface area contributed by atoms with E-state index in [4.69, 9.17) is 11.6 Å². The van der Waals surface area contributed by atoms with Gasteiger partial charge in [0, 0.05) is 20.2 Å². The molecule has 0 radical (unpaired) electrons. The number of benzene rings is 1. The van der Waals surface area contributed by atoms with Gasteiger partial charge in [-0.3, -0.25) is 19.6 Å². The van der Waals surface area contributed by atoms with Crippen LogP contribution in [0.5, 0.6) is 0 Å². The highest BCUT2D eigenvalue weighted by Gasteiger charge is 2.18. The highest BCUT2D eigenvalue weighted by atomic mass is 35.5. The van der Waals surface area contributed by atoms with Crippen LogP contribution in [0.4, 0.5) is 10.8 Å². The first kappa shape index (κ1) is 17.4. The van der Waals surface area contributed by atoms with Gasteiger partial charge in [-0.05, 0) is 6.07 Å². The maximum Gasteiger partial charge on any atom is 0.289 e. The molecule has 4 aromatic rings. The minimum absolute atomic E-state index is 0.0414. The second-order valence-corrected chi connectivity index (χ2v) is 7.32. The smallest absolute Gasteiger partial charge is 0.289 e. The Morgan fingerprint density at radius 1 is 1.41 bits per heavy atom. The van der Waals surface area contributed by atoms with Crippen LogP contribution in [-0.4, -0.2) is 36.7 Å². The van der Waals surface area contributed by atoms with Gasteiger partial charge in [-0.2, -0.15) is 5.10 Å². The number of H-pyrrole nitrogens is 1. The lowest BCUT2D eigenvalue weighted by molar-refractivity contribution is -0.384. The lowest BCUT2D eigenvalue weighted by Gasteiger charge is -2.14. The lowest BCUT2D eigenvalue weighted by Crippen LogP contribution is -2.21. The number of anilines is 1. The quantitative estimate of drug-likeness (QED) is 0.408.